The number of benzene rings is 2. The zero-order chi connectivity index (χ0) is 18.5. The number of nitrogens with one attached hydrogen (secondary N) is 2. The van der Waals surface area contributed by atoms with E-state index in [2.05, 4.69) is 15.8 Å². The zero-order valence-electron chi connectivity index (χ0n) is 14.7. The van der Waals surface area contributed by atoms with Gasteiger partial charge in [-0.15, -0.1) is 0 Å². The molecule has 0 aliphatic rings. The Bertz CT molecular complexity index is 1020. The van der Waals surface area contributed by atoms with Gasteiger partial charge in [-0.2, -0.15) is 0 Å². The minimum atomic E-state index is -0.337. The summed E-state index contributed by atoms with van der Waals surface area (Å²) in [6.45, 7) is 4.30. The molecule has 0 radical (unpaired) electrons. The molecular weight excluding hydrogens is 328 g/mol. The molecule has 0 aliphatic heterocycles. The van der Waals surface area contributed by atoms with Crippen LogP contribution < -0.4 is 16.4 Å². The summed E-state index contributed by atoms with van der Waals surface area (Å²) in [5, 5.41) is 0.547. The van der Waals surface area contributed by atoms with Crippen molar-refractivity contribution >= 4 is 28.8 Å². The number of aryl methyl sites for hydroxylation is 1. The number of amides is 1. The number of hydrogen-bond acceptors (Lipinski definition) is 4. The number of carbonyl (C=O) groups is 1. The molecule has 0 bridgehead atoms. The van der Waals surface area contributed by atoms with E-state index in [1.165, 1.54) is 10.6 Å². The number of carbonyl (C=O) groups excluding carboxylic acids is 1. The fraction of sp³-hybridized carbons (Fsp3) is 0.150. The molecule has 2 N–H and O–H groups in total. The largest absolute Gasteiger partial charge is 0.277 e. The van der Waals surface area contributed by atoms with E-state index in [1.807, 2.05) is 44.2 Å². The molecule has 26 heavy (non-hydrogen) atoms. The SMILES string of the molecule is CCn1c(NNC(=O)/C=C/c2ccc(C)cc2)nc2ccccc2c1=O. The van der Waals surface area contributed by atoms with Crippen molar-refractivity contribution in [1.82, 2.24) is 15.0 Å². The van der Waals surface area contributed by atoms with Crippen LogP contribution in [0.15, 0.2) is 59.4 Å². The lowest BCUT2D eigenvalue weighted by Gasteiger charge is -2.13. The van der Waals surface area contributed by atoms with Crippen LogP contribution in [0.5, 0.6) is 0 Å². The van der Waals surface area contributed by atoms with Gasteiger partial charge in [0.25, 0.3) is 11.5 Å². The predicted octanol–water partition coefficient (Wildman–Crippen LogP) is 2.88. The van der Waals surface area contributed by atoms with Crippen LogP contribution in [-0.2, 0) is 11.3 Å². The first kappa shape index (κ1) is 17.4. The van der Waals surface area contributed by atoms with E-state index in [0.29, 0.717) is 23.4 Å². The Balaban J connectivity index is 1.75. The second kappa shape index (κ2) is 7.65. The Labute approximate surface area is 151 Å². The van der Waals surface area contributed by atoms with Crippen molar-refractivity contribution in [3.63, 3.8) is 0 Å². The third-order valence-electron chi connectivity index (χ3n) is 3.98. The summed E-state index contributed by atoms with van der Waals surface area (Å²) in [6, 6.07) is 15.0. The Hall–Kier alpha value is -3.41. The van der Waals surface area contributed by atoms with E-state index >= 15 is 0 Å². The first-order chi connectivity index (χ1) is 12.6. The lowest BCUT2D eigenvalue weighted by Crippen LogP contribution is -2.33. The molecular formula is C20H20N4O2. The first-order valence-electron chi connectivity index (χ1n) is 8.39. The molecule has 132 valence electrons. The maximum absolute atomic E-state index is 12.5. The van der Waals surface area contributed by atoms with E-state index in [0.717, 1.165) is 11.1 Å². The highest BCUT2D eigenvalue weighted by atomic mass is 16.2. The smallest absolute Gasteiger partial charge is 0.262 e. The highest BCUT2D eigenvalue weighted by molar-refractivity contribution is 5.92. The van der Waals surface area contributed by atoms with E-state index in [9.17, 15) is 9.59 Å². The Morgan fingerprint density at radius 2 is 1.88 bits per heavy atom. The van der Waals surface area contributed by atoms with E-state index in [4.69, 9.17) is 0 Å². The zero-order valence-corrected chi connectivity index (χ0v) is 14.7. The van der Waals surface area contributed by atoms with Gasteiger partial charge in [-0.05, 0) is 37.6 Å². The van der Waals surface area contributed by atoms with Gasteiger partial charge in [-0.25, -0.2) is 4.98 Å². The molecule has 2 aromatic carbocycles. The highest BCUT2D eigenvalue weighted by Gasteiger charge is 2.09. The van der Waals surface area contributed by atoms with Crippen LogP contribution in [0.25, 0.3) is 17.0 Å². The summed E-state index contributed by atoms with van der Waals surface area (Å²) < 4.78 is 1.48. The van der Waals surface area contributed by atoms with Gasteiger partial charge in [0.05, 0.1) is 10.9 Å². The normalized spacial score (nSPS) is 11.0. The van der Waals surface area contributed by atoms with Gasteiger partial charge >= 0.3 is 0 Å². The van der Waals surface area contributed by atoms with Crippen LogP contribution in [0, 0.1) is 6.92 Å². The van der Waals surface area contributed by atoms with Crippen LogP contribution in [0.3, 0.4) is 0 Å². The molecule has 3 rings (SSSR count). The topological polar surface area (TPSA) is 76.0 Å². The molecule has 6 nitrogen and oxygen atoms in total. The van der Waals surface area contributed by atoms with Crippen LogP contribution in [0.4, 0.5) is 5.95 Å². The number of rotatable bonds is 5. The summed E-state index contributed by atoms with van der Waals surface area (Å²) >= 11 is 0. The lowest BCUT2D eigenvalue weighted by atomic mass is 10.1. The molecule has 1 heterocycles. The Morgan fingerprint density at radius 3 is 2.62 bits per heavy atom. The third kappa shape index (κ3) is 3.80. The molecule has 3 aromatic rings. The number of para-hydroxylation sites is 1. The lowest BCUT2D eigenvalue weighted by molar-refractivity contribution is -0.116. The summed E-state index contributed by atoms with van der Waals surface area (Å²) in [5.74, 6) is -0.0380. The van der Waals surface area contributed by atoms with Crippen molar-refractivity contribution in [3.05, 3.63) is 76.1 Å². The quantitative estimate of drug-likeness (QED) is 0.549. The molecule has 0 saturated carbocycles. The van der Waals surface area contributed by atoms with Gasteiger partial charge in [0.15, 0.2) is 0 Å². The molecule has 0 saturated heterocycles. The van der Waals surface area contributed by atoms with Gasteiger partial charge < -0.3 is 0 Å². The first-order valence-corrected chi connectivity index (χ1v) is 8.39. The summed E-state index contributed by atoms with van der Waals surface area (Å²) in [4.78, 5) is 29.0. The Kier molecular flexibility index (Phi) is 5.12. The Morgan fingerprint density at radius 1 is 1.15 bits per heavy atom. The molecule has 0 spiro atoms. The van der Waals surface area contributed by atoms with Crippen LogP contribution in [0.1, 0.15) is 18.1 Å². The highest BCUT2D eigenvalue weighted by Crippen LogP contribution is 2.10. The maximum atomic E-state index is 12.5. The molecule has 1 aromatic heterocycles. The second-order valence-electron chi connectivity index (χ2n) is 5.86. The van der Waals surface area contributed by atoms with Crippen molar-refractivity contribution in [2.75, 3.05) is 5.43 Å². The van der Waals surface area contributed by atoms with Gasteiger partial charge in [0.2, 0.25) is 5.95 Å². The molecule has 0 atom stereocenters. The monoisotopic (exact) mass is 348 g/mol. The average molecular weight is 348 g/mol. The predicted molar refractivity (Wildman–Crippen MR) is 104 cm³/mol. The van der Waals surface area contributed by atoms with E-state index in [1.54, 1.807) is 24.3 Å². The standard InChI is InChI=1S/C20H20N4O2/c1-3-24-19(26)16-6-4-5-7-17(16)21-20(24)23-22-18(25)13-12-15-10-8-14(2)9-11-15/h4-13H,3H2,1-2H3,(H,21,23)(H,22,25)/b13-12+. The van der Waals surface area contributed by atoms with Gasteiger partial charge in [-0.3, -0.25) is 25.0 Å². The molecule has 0 unspecified atom stereocenters. The fourth-order valence-electron chi connectivity index (χ4n) is 2.57. The third-order valence-corrected chi connectivity index (χ3v) is 3.98. The summed E-state index contributed by atoms with van der Waals surface area (Å²) in [6.07, 6.45) is 3.14. The number of fused-ring (bicyclic) bond motifs is 1. The second-order valence-corrected chi connectivity index (χ2v) is 5.86. The number of hydrogen-bond donors (Lipinski definition) is 2. The minimum absolute atomic E-state index is 0.148. The fourth-order valence-corrected chi connectivity index (χ4v) is 2.57. The molecule has 0 aliphatic carbocycles. The molecule has 0 fully saturated rings. The van der Waals surface area contributed by atoms with Crippen LogP contribution >= 0.6 is 0 Å². The van der Waals surface area contributed by atoms with Gasteiger partial charge in [0.1, 0.15) is 0 Å². The number of nitrogens with zero attached hydrogens (tertiary/aromatic N) is 2. The summed E-state index contributed by atoms with van der Waals surface area (Å²) in [7, 11) is 0. The maximum Gasteiger partial charge on any atom is 0.262 e. The van der Waals surface area contributed by atoms with Crippen molar-refractivity contribution in [2.24, 2.45) is 0 Å². The van der Waals surface area contributed by atoms with Gasteiger partial charge in [-0.1, -0.05) is 42.0 Å². The number of aromatic nitrogens is 2. The van der Waals surface area contributed by atoms with E-state index in [-0.39, 0.29) is 11.5 Å². The van der Waals surface area contributed by atoms with Crippen molar-refractivity contribution < 1.29 is 4.79 Å². The van der Waals surface area contributed by atoms with Gasteiger partial charge in [0, 0.05) is 12.6 Å². The van der Waals surface area contributed by atoms with Crippen LogP contribution in [-0.4, -0.2) is 15.5 Å². The molecule has 6 heteroatoms. The minimum Gasteiger partial charge on any atom is -0.277 e. The number of anilines is 1. The van der Waals surface area contributed by atoms with Crippen molar-refractivity contribution in [3.8, 4) is 0 Å². The van der Waals surface area contributed by atoms with Crippen molar-refractivity contribution in [2.45, 2.75) is 20.4 Å². The van der Waals surface area contributed by atoms with Crippen molar-refractivity contribution in [1.29, 1.82) is 0 Å². The van der Waals surface area contributed by atoms with Crippen LogP contribution in [0.2, 0.25) is 0 Å². The molecule has 1 amide bonds. The van der Waals surface area contributed by atoms with E-state index < -0.39 is 0 Å². The summed E-state index contributed by atoms with van der Waals surface area (Å²) in [5.41, 5.74) is 7.81. The average Bonchev–Trinajstić information content (AvgIpc) is 2.66. The number of hydrazine groups is 1.